The molecule has 0 spiro atoms. The van der Waals surface area contributed by atoms with E-state index < -0.39 is 0 Å². The summed E-state index contributed by atoms with van der Waals surface area (Å²) < 4.78 is 10.4. The second kappa shape index (κ2) is 34.7. The maximum atomic E-state index is 2.46. The van der Waals surface area contributed by atoms with E-state index in [4.69, 9.17) is 0 Å². The lowest BCUT2D eigenvalue weighted by Crippen LogP contribution is -2.10. The maximum Gasteiger partial charge on any atom is 0.0540 e. The van der Waals surface area contributed by atoms with Crippen molar-refractivity contribution in [3.05, 3.63) is 508 Å². The zero-order valence-electron chi connectivity index (χ0n) is 75.4. The summed E-state index contributed by atoms with van der Waals surface area (Å²) in [6, 6.07) is 182. The molecule has 26 rings (SSSR count). The normalized spacial score (nSPS) is 11.7. The number of aryl methyl sites for hydroxylation is 1. The van der Waals surface area contributed by atoms with Crippen molar-refractivity contribution in [1.82, 2.24) is 0 Å². The molecule has 4 heterocycles. The number of fused-ring (bicyclic) bond motifs is 14. The van der Waals surface area contributed by atoms with Crippen LogP contribution in [0.15, 0.2) is 491 Å². The highest BCUT2D eigenvalue weighted by atomic mass is 32.1. The van der Waals surface area contributed by atoms with Crippen LogP contribution in [0.3, 0.4) is 0 Å². The number of benzene rings is 22. The highest BCUT2D eigenvalue weighted by Gasteiger charge is 2.25. The van der Waals surface area contributed by atoms with Crippen molar-refractivity contribution in [3.8, 4) is 66.8 Å². The van der Waals surface area contributed by atoms with Gasteiger partial charge in [-0.1, -0.05) is 327 Å². The van der Waals surface area contributed by atoms with Gasteiger partial charge in [-0.25, -0.2) is 0 Å². The first-order valence-corrected chi connectivity index (χ1v) is 50.3. The lowest BCUT2D eigenvalue weighted by Gasteiger charge is -2.28. The number of thiophene rings is 4. The fourth-order valence-corrected chi connectivity index (χ4v) is 25.7. The molecule has 0 amide bonds. The van der Waals surface area contributed by atoms with E-state index in [0.29, 0.717) is 0 Å². The second-order valence-electron chi connectivity index (χ2n) is 35.9. The lowest BCUT2D eigenvalue weighted by atomic mass is 9.95. The van der Waals surface area contributed by atoms with Crippen molar-refractivity contribution in [1.29, 1.82) is 0 Å². The molecule has 0 N–H and O–H groups in total. The van der Waals surface area contributed by atoms with Gasteiger partial charge in [-0.3, -0.25) is 0 Å². The molecule has 0 fully saturated rings. The summed E-state index contributed by atoms with van der Waals surface area (Å²) in [5.74, 6) is 0. The number of anilines is 12. The number of nitrogens with zero attached hydrogens (tertiary/aromatic N) is 4. The molecular weight excluding hydrogens is 1750 g/mol. The Labute approximate surface area is 816 Å². The molecule has 22 aromatic carbocycles. The molecule has 4 nitrogen and oxygen atoms in total. The standard InChI is InChI=1S/C130H86N4S4/c1-84-41-61-97(62-42-84)131(101-73-53-93(54-74-101)109-29-16-32-116-112-25-6-10-37-123(112)135-127(109)116)99-65-45-87(46-66-99)88-47-67-100(68-48-88)132(102-75-55-94(56-76-102)110-30-17-33-117-113-26-7-11-38-124(113)136-128(110)117)98-63-43-85(44-64-98)81-86-82-119(130-120(83-86)115-28-9-13-40-126(115)138-130)96-59-79-106(80-60-96)134(122-36-15-22-92-20-3-5-24-108(92)122)104-71-51-90(52-72-104)89-49-69-103(70-50-89)133(121-35-14-21-91-19-2-4-23-107(91)121)105-77-57-95(58-78-105)111-31-18-34-118-114-27-8-12-39-125(114)137-129(111)118/h2-80,82-83H,81H2,1H3. The molecule has 0 aliphatic heterocycles. The van der Waals surface area contributed by atoms with E-state index in [1.165, 1.54) is 163 Å². The maximum absolute atomic E-state index is 2.46. The summed E-state index contributed by atoms with van der Waals surface area (Å²) in [7, 11) is 0. The Balaban J connectivity index is 0.503. The van der Waals surface area contributed by atoms with Gasteiger partial charge in [0, 0.05) is 148 Å². The fraction of sp³-hybridized carbons (Fsp3) is 0.0154. The van der Waals surface area contributed by atoms with Crippen molar-refractivity contribution >= 4 is 216 Å². The minimum Gasteiger partial charge on any atom is -0.311 e. The van der Waals surface area contributed by atoms with Crippen LogP contribution in [0.4, 0.5) is 68.2 Å². The van der Waals surface area contributed by atoms with Gasteiger partial charge in [0.1, 0.15) is 0 Å². The summed E-state index contributed by atoms with van der Waals surface area (Å²) in [6.07, 6.45) is 0.747. The van der Waals surface area contributed by atoms with Crippen molar-refractivity contribution < 1.29 is 0 Å². The highest BCUT2D eigenvalue weighted by molar-refractivity contribution is 7.27. The van der Waals surface area contributed by atoms with Gasteiger partial charge in [0.25, 0.3) is 0 Å². The number of hydrogen-bond acceptors (Lipinski definition) is 8. The molecule has 4 aromatic heterocycles. The van der Waals surface area contributed by atoms with Crippen molar-refractivity contribution in [2.24, 2.45) is 0 Å². The molecule has 0 unspecified atom stereocenters. The van der Waals surface area contributed by atoms with Crippen LogP contribution in [-0.4, -0.2) is 0 Å². The van der Waals surface area contributed by atoms with Crippen molar-refractivity contribution in [3.63, 3.8) is 0 Å². The van der Waals surface area contributed by atoms with Crippen LogP contribution >= 0.6 is 45.3 Å². The molecule has 0 aliphatic rings. The third-order valence-corrected chi connectivity index (χ3v) is 32.5. The second-order valence-corrected chi connectivity index (χ2v) is 40.1. The molecule has 0 radical (unpaired) electrons. The summed E-state index contributed by atoms with van der Waals surface area (Å²) in [5.41, 5.74) is 31.1. The molecule has 0 aliphatic carbocycles. The average molecular weight is 1830 g/mol. The monoisotopic (exact) mass is 1830 g/mol. The summed E-state index contributed by atoms with van der Waals surface area (Å²) >= 11 is 7.51. The topological polar surface area (TPSA) is 13.0 Å². The molecule has 138 heavy (non-hydrogen) atoms. The van der Waals surface area contributed by atoms with Crippen molar-refractivity contribution in [2.75, 3.05) is 19.6 Å². The smallest absolute Gasteiger partial charge is 0.0540 e. The van der Waals surface area contributed by atoms with E-state index in [-0.39, 0.29) is 0 Å². The van der Waals surface area contributed by atoms with Gasteiger partial charge in [-0.05, 0) is 272 Å². The van der Waals surface area contributed by atoms with Gasteiger partial charge in [-0.15, -0.1) is 45.3 Å². The van der Waals surface area contributed by atoms with E-state index in [0.717, 1.165) is 96.9 Å². The first kappa shape index (κ1) is 82.1. The average Bonchev–Trinajstić information content (AvgIpc) is 1.68. The molecule has 8 heteroatoms. The zero-order chi connectivity index (χ0) is 91.3. The molecular formula is C130H86N4S4. The first-order valence-electron chi connectivity index (χ1n) is 47.1. The molecule has 0 atom stereocenters. The van der Waals surface area contributed by atoms with Crippen molar-refractivity contribution in [2.45, 2.75) is 13.3 Å². The van der Waals surface area contributed by atoms with Gasteiger partial charge in [-0.2, -0.15) is 0 Å². The molecule has 26 aromatic rings. The number of rotatable bonds is 20. The predicted molar refractivity (Wildman–Crippen MR) is 598 cm³/mol. The van der Waals surface area contributed by atoms with E-state index in [9.17, 15) is 0 Å². The van der Waals surface area contributed by atoms with Gasteiger partial charge in [0.05, 0.1) is 11.4 Å². The van der Waals surface area contributed by atoms with Gasteiger partial charge in [0.15, 0.2) is 0 Å². The molecule has 650 valence electrons. The molecule has 0 saturated heterocycles. The van der Waals surface area contributed by atoms with Crippen LogP contribution in [0.5, 0.6) is 0 Å². The first-order chi connectivity index (χ1) is 68.3. The molecule has 0 saturated carbocycles. The van der Waals surface area contributed by atoms with Crippen LogP contribution in [0.25, 0.3) is 169 Å². The van der Waals surface area contributed by atoms with Gasteiger partial charge in [0.2, 0.25) is 0 Å². The van der Waals surface area contributed by atoms with Crippen LogP contribution in [0.2, 0.25) is 0 Å². The van der Waals surface area contributed by atoms with Crippen LogP contribution in [-0.2, 0) is 6.42 Å². The Morgan fingerprint density at radius 3 is 0.739 bits per heavy atom. The highest BCUT2D eigenvalue weighted by Crippen LogP contribution is 2.51. The SMILES string of the molecule is Cc1ccc(N(c2ccc(-c3ccc(N(c4ccc(Cc5cc(-c6ccc(N(c7ccc(-c8ccc(N(c9ccc(-c%10cccc%11c%10sc%10ccccc%10%11)cc9)c9cccc%10ccccc9%10)cc8)cc7)c7cccc8ccccc78)cc6)c6sc7ccccc7c6c5)cc4)c4ccc(-c5cccc6c5sc5ccccc56)cc4)cc3)cc2)c2ccc(-c3cccc4c3sc3ccccc34)cc2)cc1. The van der Waals surface area contributed by atoms with Crippen LogP contribution in [0.1, 0.15) is 16.7 Å². The van der Waals surface area contributed by atoms with Crippen LogP contribution in [0, 0.1) is 6.92 Å². The Morgan fingerprint density at radius 2 is 0.406 bits per heavy atom. The Morgan fingerprint density at radius 1 is 0.167 bits per heavy atom. The fourth-order valence-electron chi connectivity index (χ4n) is 20.7. The van der Waals surface area contributed by atoms with E-state index in [2.05, 4.69) is 518 Å². The summed E-state index contributed by atoms with van der Waals surface area (Å²) in [6.45, 7) is 2.15. The van der Waals surface area contributed by atoms with Crippen LogP contribution < -0.4 is 19.6 Å². The third-order valence-electron chi connectivity index (χ3n) is 27.6. The quantitative estimate of drug-likeness (QED) is 0.0754. The minimum absolute atomic E-state index is 0.747. The van der Waals surface area contributed by atoms with E-state index in [1.54, 1.807) is 0 Å². The van der Waals surface area contributed by atoms with E-state index in [1.807, 2.05) is 45.3 Å². The predicted octanol–water partition coefficient (Wildman–Crippen LogP) is 39.2. The third kappa shape index (κ3) is 14.9. The Bertz CT molecular complexity index is 9130. The van der Waals surface area contributed by atoms with Gasteiger partial charge < -0.3 is 19.6 Å². The lowest BCUT2D eigenvalue weighted by molar-refractivity contribution is 1.19. The Kier molecular flexibility index (Phi) is 20.7. The summed E-state index contributed by atoms with van der Waals surface area (Å²) in [5, 5.41) is 15.2. The molecule has 0 bridgehead atoms. The van der Waals surface area contributed by atoms with E-state index >= 15 is 0 Å². The Hall–Kier alpha value is -16.6. The minimum atomic E-state index is 0.747. The zero-order valence-corrected chi connectivity index (χ0v) is 78.7. The largest absolute Gasteiger partial charge is 0.311 e. The number of hydrogen-bond donors (Lipinski definition) is 0. The summed E-state index contributed by atoms with van der Waals surface area (Å²) in [4.78, 5) is 9.62. The van der Waals surface area contributed by atoms with Gasteiger partial charge >= 0.3 is 0 Å².